The Balaban J connectivity index is 1.74. The van der Waals surface area contributed by atoms with Crippen LogP contribution in [0.5, 0.6) is 0 Å². The van der Waals surface area contributed by atoms with Crippen LogP contribution in [0.15, 0.2) is 30.3 Å². The predicted molar refractivity (Wildman–Crippen MR) is 107 cm³/mol. The minimum absolute atomic E-state index is 0.0778. The number of rotatable bonds is 5. The van der Waals surface area contributed by atoms with Gasteiger partial charge < -0.3 is 20.3 Å². The van der Waals surface area contributed by atoms with Crippen molar-refractivity contribution in [2.45, 2.75) is 39.3 Å². The third-order valence-corrected chi connectivity index (χ3v) is 4.21. The molecule has 0 aliphatic carbocycles. The van der Waals surface area contributed by atoms with E-state index in [1.165, 1.54) is 0 Å². The number of benzene rings is 1. The van der Waals surface area contributed by atoms with Gasteiger partial charge >= 0.3 is 6.09 Å². The molecule has 1 heterocycles. The molecule has 2 N–H and O–H groups in total. The molecule has 0 saturated carbocycles. The molecule has 0 aromatic heterocycles. The molecule has 0 bridgehead atoms. The van der Waals surface area contributed by atoms with Gasteiger partial charge in [-0.15, -0.1) is 0 Å². The van der Waals surface area contributed by atoms with Crippen molar-refractivity contribution in [3.8, 4) is 0 Å². The molecule has 8 heteroatoms. The number of carbonyl (C=O) groups excluding carboxylic acids is 3. The molecule has 1 saturated heterocycles. The van der Waals surface area contributed by atoms with E-state index < -0.39 is 17.7 Å². The number of hydrogen-bond acceptors (Lipinski definition) is 5. The molecule has 1 fully saturated rings. The molecule has 154 valence electrons. The zero-order chi connectivity index (χ0) is 20.7. The molecule has 0 radical (unpaired) electrons. The van der Waals surface area contributed by atoms with Gasteiger partial charge in [0.1, 0.15) is 11.6 Å². The molecule has 0 unspecified atom stereocenters. The summed E-state index contributed by atoms with van der Waals surface area (Å²) in [6, 6.07) is 8.65. The van der Waals surface area contributed by atoms with Crippen molar-refractivity contribution in [3.05, 3.63) is 30.3 Å². The Hall–Kier alpha value is -2.61. The first-order chi connectivity index (χ1) is 13.1. The summed E-state index contributed by atoms with van der Waals surface area (Å²) in [5.74, 6) is -0.231. The van der Waals surface area contributed by atoms with E-state index in [1.807, 2.05) is 35.2 Å². The van der Waals surface area contributed by atoms with Gasteiger partial charge in [-0.3, -0.25) is 14.5 Å². The Labute approximate surface area is 166 Å². The highest BCUT2D eigenvalue weighted by Crippen LogP contribution is 2.09. The van der Waals surface area contributed by atoms with Crippen LogP contribution in [0, 0.1) is 0 Å². The van der Waals surface area contributed by atoms with Gasteiger partial charge in [0.05, 0.1) is 6.54 Å². The molecular formula is C20H30N4O4. The van der Waals surface area contributed by atoms with Crippen molar-refractivity contribution in [3.63, 3.8) is 0 Å². The zero-order valence-electron chi connectivity index (χ0n) is 17.0. The van der Waals surface area contributed by atoms with Gasteiger partial charge in [0.15, 0.2) is 0 Å². The molecule has 1 aromatic carbocycles. The summed E-state index contributed by atoms with van der Waals surface area (Å²) in [5, 5.41) is 5.43. The second-order valence-corrected chi connectivity index (χ2v) is 7.88. The van der Waals surface area contributed by atoms with Crippen LogP contribution < -0.4 is 10.6 Å². The minimum Gasteiger partial charge on any atom is -0.444 e. The molecule has 1 aliphatic rings. The fourth-order valence-corrected chi connectivity index (χ4v) is 2.87. The van der Waals surface area contributed by atoms with Crippen LogP contribution in [0.4, 0.5) is 10.5 Å². The van der Waals surface area contributed by atoms with E-state index in [2.05, 4.69) is 10.6 Å². The highest BCUT2D eigenvalue weighted by molar-refractivity contribution is 5.92. The molecule has 0 spiro atoms. The largest absolute Gasteiger partial charge is 0.444 e. The fourth-order valence-electron chi connectivity index (χ4n) is 2.87. The van der Waals surface area contributed by atoms with E-state index >= 15 is 0 Å². The number of nitrogens with zero attached hydrogens (tertiary/aromatic N) is 2. The maximum absolute atomic E-state index is 12.5. The maximum atomic E-state index is 12.5. The van der Waals surface area contributed by atoms with Gasteiger partial charge in [0.2, 0.25) is 11.8 Å². The van der Waals surface area contributed by atoms with Crippen LogP contribution in [0.2, 0.25) is 0 Å². The number of ether oxygens (including phenoxy) is 1. The first kappa shape index (κ1) is 21.7. The van der Waals surface area contributed by atoms with Crippen molar-refractivity contribution < 1.29 is 19.1 Å². The summed E-state index contributed by atoms with van der Waals surface area (Å²) in [6.07, 6.45) is -0.607. The average Bonchev–Trinajstić information content (AvgIpc) is 2.60. The van der Waals surface area contributed by atoms with Gasteiger partial charge in [-0.2, -0.15) is 0 Å². The number of carbonyl (C=O) groups is 3. The quantitative estimate of drug-likeness (QED) is 0.798. The van der Waals surface area contributed by atoms with Gasteiger partial charge in [0, 0.05) is 31.9 Å². The summed E-state index contributed by atoms with van der Waals surface area (Å²) in [7, 11) is 0. The average molecular weight is 390 g/mol. The van der Waals surface area contributed by atoms with Crippen LogP contribution in [0.25, 0.3) is 0 Å². The minimum atomic E-state index is -0.664. The monoisotopic (exact) mass is 390 g/mol. The van der Waals surface area contributed by atoms with Crippen LogP contribution in [-0.4, -0.2) is 72.1 Å². The lowest BCUT2D eigenvalue weighted by atomic mass is 10.2. The lowest BCUT2D eigenvalue weighted by Gasteiger charge is -2.35. The Bertz CT molecular complexity index is 679. The third kappa shape index (κ3) is 7.19. The summed E-state index contributed by atoms with van der Waals surface area (Å²) >= 11 is 0. The second-order valence-electron chi connectivity index (χ2n) is 7.88. The molecule has 1 aromatic rings. The van der Waals surface area contributed by atoms with Crippen molar-refractivity contribution in [1.82, 2.24) is 15.1 Å². The third-order valence-electron chi connectivity index (χ3n) is 4.21. The molecule has 2 rings (SSSR count). The Morgan fingerprint density at radius 3 is 2.25 bits per heavy atom. The van der Waals surface area contributed by atoms with E-state index in [-0.39, 0.29) is 18.4 Å². The highest BCUT2D eigenvalue weighted by Gasteiger charge is 2.27. The van der Waals surface area contributed by atoms with Crippen LogP contribution in [0.3, 0.4) is 0 Å². The normalized spacial score (nSPS) is 16.2. The Morgan fingerprint density at radius 1 is 1.07 bits per heavy atom. The van der Waals surface area contributed by atoms with Crippen molar-refractivity contribution in [1.29, 1.82) is 0 Å². The summed E-state index contributed by atoms with van der Waals surface area (Å²) in [4.78, 5) is 40.2. The van der Waals surface area contributed by atoms with Gasteiger partial charge in [0.25, 0.3) is 0 Å². The SMILES string of the molecule is C[C@@H](NC(=O)OC(C)(C)C)C(=O)N1CCN(CC(=O)Nc2ccccc2)CC1. The first-order valence-electron chi connectivity index (χ1n) is 9.49. The lowest BCUT2D eigenvalue weighted by molar-refractivity contribution is -0.135. The van der Waals surface area contributed by atoms with E-state index in [9.17, 15) is 14.4 Å². The number of anilines is 1. The fraction of sp³-hybridized carbons (Fsp3) is 0.550. The zero-order valence-corrected chi connectivity index (χ0v) is 17.0. The van der Waals surface area contributed by atoms with E-state index in [0.717, 1.165) is 5.69 Å². The summed E-state index contributed by atoms with van der Waals surface area (Å²) < 4.78 is 5.18. The number of para-hydroxylation sites is 1. The molecular weight excluding hydrogens is 360 g/mol. The molecule has 1 aliphatic heterocycles. The van der Waals surface area contributed by atoms with Gasteiger partial charge in [-0.25, -0.2) is 4.79 Å². The molecule has 8 nitrogen and oxygen atoms in total. The van der Waals surface area contributed by atoms with Crippen LogP contribution >= 0.6 is 0 Å². The molecule has 1 atom stereocenters. The van der Waals surface area contributed by atoms with Gasteiger partial charge in [-0.1, -0.05) is 18.2 Å². The van der Waals surface area contributed by atoms with Crippen molar-refractivity contribution in [2.75, 3.05) is 38.0 Å². The van der Waals surface area contributed by atoms with Crippen LogP contribution in [-0.2, 0) is 14.3 Å². The van der Waals surface area contributed by atoms with E-state index in [4.69, 9.17) is 4.74 Å². The number of nitrogens with one attached hydrogen (secondary N) is 2. The maximum Gasteiger partial charge on any atom is 0.408 e. The molecule has 28 heavy (non-hydrogen) atoms. The van der Waals surface area contributed by atoms with E-state index in [1.54, 1.807) is 32.6 Å². The Morgan fingerprint density at radius 2 is 1.68 bits per heavy atom. The smallest absolute Gasteiger partial charge is 0.408 e. The highest BCUT2D eigenvalue weighted by atomic mass is 16.6. The standard InChI is InChI=1S/C20H30N4O4/c1-15(21-19(27)28-20(2,3)4)18(26)24-12-10-23(11-13-24)14-17(25)22-16-8-6-5-7-9-16/h5-9,15H,10-14H2,1-4H3,(H,21,27)(H,22,25)/t15-/m1/s1. The van der Waals surface area contributed by atoms with Crippen molar-refractivity contribution in [2.24, 2.45) is 0 Å². The topological polar surface area (TPSA) is 91.0 Å². The van der Waals surface area contributed by atoms with Crippen LogP contribution in [0.1, 0.15) is 27.7 Å². The number of amides is 3. The predicted octanol–water partition coefficient (Wildman–Crippen LogP) is 1.68. The second kappa shape index (κ2) is 9.54. The lowest BCUT2D eigenvalue weighted by Crippen LogP contribution is -2.55. The summed E-state index contributed by atoms with van der Waals surface area (Å²) in [5.41, 5.74) is 0.155. The number of alkyl carbamates (subject to hydrolysis) is 1. The van der Waals surface area contributed by atoms with Crippen molar-refractivity contribution >= 4 is 23.6 Å². The van der Waals surface area contributed by atoms with Gasteiger partial charge in [-0.05, 0) is 39.8 Å². The van der Waals surface area contributed by atoms with E-state index in [0.29, 0.717) is 26.2 Å². The number of hydrogen-bond donors (Lipinski definition) is 2. The Kier molecular flexibility index (Phi) is 7.39. The first-order valence-corrected chi connectivity index (χ1v) is 9.49. The summed E-state index contributed by atoms with van der Waals surface area (Å²) in [6.45, 7) is 9.47. The number of piperazine rings is 1. The molecule has 3 amide bonds.